The fraction of sp³-hybridized carbons (Fsp3) is 0.727. The van der Waals surface area contributed by atoms with Gasteiger partial charge in [-0.15, -0.1) is 0 Å². The monoisotopic (exact) mass is 568 g/mol. The van der Waals surface area contributed by atoms with E-state index in [2.05, 4.69) is 0 Å². The zero-order valence-electron chi connectivity index (χ0n) is 22.3. The summed E-state index contributed by atoms with van der Waals surface area (Å²) in [5, 5.41) is 10.7. The number of aliphatic hydroxyl groups is 1. The Bertz CT molecular complexity index is 1150. The average Bonchev–Trinajstić information content (AvgIpc) is 3.00. The molecule has 0 aromatic carbocycles. The second-order valence-electron chi connectivity index (χ2n) is 11.0. The van der Waals surface area contributed by atoms with E-state index in [1.54, 1.807) is 41.5 Å². The van der Waals surface area contributed by atoms with Crippen molar-refractivity contribution in [3.8, 4) is 0 Å². The molecule has 2 rings (SSSR count). The van der Waals surface area contributed by atoms with Gasteiger partial charge in [0.1, 0.15) is 12.2 Å². The maximum Gasteiger partial charge on any atom is 0.480 e. The van der Waals surface area contributed by atoms with Gasteiger partial charge >= 0.3 is 25.5 Å². The maximum absolute atomic E-state index is 15.6. The summed E-state index contributed by atoms with van der Waals surface area (Å²) in [4.78, 5) is 49.4. The highest BCUT2D eigenvalue weighted by atomic mass is 31.2. The van der Waals surface area contributed by atoms with Crippen LogP contribution in [0, 0.1) is 10.8 Å². The van der Waals surface area contributed by atoms with E-state index in [9.17, 15) is 28.8 Å². The molecule has 1 saturated heterocycles. The molecular formula is C22H34FN2O12P. The number of carbonyl (C=O) groups is 2. The molecular weight excluding hydrogens is 534 g/mol. The highest BCUT2D eigenvalue weighted by Gasteiger charge is 2.56. The van der Waals surface area contributed by atoms with Gasteiger partial charge in [-0.05, 0) is 48.5 Å². The molecule has 1 aliphatic heterocycles. The predicted octanol–water partition coefficient (Wildman–Crippen LogP) is 2.12. The average molecular weight is 568 g/mol. The molecule has 3 atom stereocenters. The topological polar surface area (TPSA) is 182 Å². The van der Waals surface area contributed by atoms with Crippen molar-refractivity contribution in [2.45, 2.75) is 72.6 Å². The van der Waals surface area contributed by atoms with E-state index in [4.69, 9.17) is 27.8 Å². The third-order valence-corrected chi connectivity index (χ3v) is 6.33. The summed E-state index contributed by atoms with van der Waals surface area (Å²) >= 11 is 0. The number of nitrogens with zero attached hydrogens (tertiary/aromatic N) is 1. The normalized spacial score (nSPS) is 24.3. The first-order valence-electron chi connectivity index (χ1n) is 11.5. The second kappa shape index (κ2) is 11.4. The number of aromatic nitrogens is 2. The van der Waals surface area contributed by atoms with Crippen molar-refractivity contribution in [3.05, 3.63) is 33.1 Å². The number of hydrogen-bond acceptors (Lipinski definition) is 12. The van der Waals surface area contributed by atoms with Crippen LogP contribution in [0.15, 0.2) is 21.9 Å². The van der Waals surface area contributed by atoms with E-state index in [1.807, 2.05) is 4.98 Å². The molecule has 2 N–H and O–H groups in total. The third-order valence-electron chi connectivity index (χ3n) is 5.05. The molecule has 1 aliphatic rings. The number of hydrogen-bond donors (Lipinski definition) is 2. The van der Waals surface area contributed by atoms with Crippen LogP contribution < -0.4 is 11.2 Å². The number of rotatable bonds is 10. The van der Waals surface area contributed by atoms with Crippen molar-refractivity contribution < 1.29 is 51.4 Å². The first-order chi connectivity index (χ1) is 17.2. The van der Waals surface area contributed by atoms with Crippen LogP contribution in [0.25, 0.3) is 0 Å². The highest BCUT2D eigenvalue weighted by molar-refractivity contribution is 7.48. The lowest BCUT2D eigenvalue weighted by atomic mass is 9.98. The molecule has 0 unspecified atom stereocenters. The zero-order chi connectivity index (χ0) is 29.2. The van der Waals surface area contributed by atoms with E-state index in [0.29, 0.717) is 0 Å². The van der Waals surface area contributed by atoms with Gasteiger partial charge < -0.3 is 19.3 Å². The van der Waals surface area contributed by atoms with Crippen molar-refractivity contribution in [2.75, 3.05) is 20.2 Å². The Morgan fingerprint density at radius 2 is 1.61 bits per heavy atom. The van der Waals surface area contributed by atoms with Crippen LogP contribution in [0.2, 0.25) is 0 Å². The smallest absolute Gasteiger partial charge is 0.437 e. The van der Waals surface area contributed by atoms with Gasteiger partial charge in [0.05, 0.1) is 10.8 Å². The molecule has 0 bridgehead atoms. The van der Waals surface area contributed by atoms with Gasteiger partial charge in [0.15, 0.2) is 6.23 Å². The third kappa shape index (κ3) is 8.55. The van der Waals surface area contributed by atoms with E-state index in [1.165, 1.54) is 6.92 Å². The fourth-order valence-electron chi connectivity index (χ4n) is 3.05. The van der Waals surface area contributed by atoms with Crippen molar-refractivity contribution in [2.24, 2.45) is 10.8 Å². The molecule has 38 heavy (non-hydrogen) atoms. The van der Waals surface area contributed by atoms with Crippen molar-refractivity contribution in [1.29, 1.82) is 0 Å². The first-order valence-corrected chi connectivity index (χ1v) is 12.9. The summed E-state index contributed by atoms with van der Waals surface area (Å²) < 4.78 is 59.5. The molecule has 2 heterocycles. The van der Waals surface area contributed by atoms with Crippen LogP contribution in [0.5, 0.6) is 0 Å². The Morgan fingerprint density at radius 1 is 1.11 bits per heavy atom. The van der Waals surface area contributed by atoms with Crippen LogP contribution in [0.4, 0.5) is 4.39 Å². The number of phosphoric acid groups is 1. The summed E-state index contributed by atoms with van der Waals surface area (Å²) in [6, 6.07) is 0.975. The number of alkyl halides is 1. The second-order valence-corrected chi connectivity index (χ2v) is 12.7. The largest absolute Gasteiger partial charge is 0.480 e. The molecule has 1 fully saturated rings. The Kier molecular flexibility index (Phi) is 9.51. The van der Waals surface area contributed by atoms with Gasteiger partial charge in [0, 0.05) is 18.7 Å². The SMILES string of the molecule is CC(C)(C)C(=O)OCOP(=O)(OCOC(=O)C(C)(C)C)OC[C@]1(F)C[C@@](C)(O)[C@H](n2ccc(=O)[nH]c2=O)O1. The number of ether oxygens (including phenoxy) is 3. The minimum absolute atomic E-state index is 0.713. The number of aromatic amines is 1. The summed E-state index contributed by atoms with van der Waals surface area (Å²) in [5.74, 6) is -4.25. The van der Waals surface area contributed by atoms with Crippen LogP contribution in [-0.4, -0.2) is 58.2 Å². The lowest BCUT2D eigenvalue weighted by Crippen LogP contribution is -2.40. The molecule has 0 spiro atoms. The maximum atomic E-state index is 15.6. The number of H-pyrrole nitrogens is 1. The highest BCUT2D eigenvalue weighted by Crippen LogP contribution is 2.53. The van der Waals surface area contributed by atoms with E-state index >= 15 is 4.39 Å². The standard InChI is InChI=1S/C22H34FN2O12P/c1-19(2,3)16(27)32-12-35-38(31,36-13-33-17(28)20(4,5)6)34-11-22(23)10-21(7,30)15(37-22)25-9-8-14(26)24-18(25)29/h8-9,15,30H,10-13H2,1-7H3,(H,24,26,29)/t15-,21-,22+/m1/s1. The summed E-state index contributed by atoms with van der Waals surface area (Å²) in [5.41, 5.74) is -5.49. The Morgan fingerprint density at radius 3 is 2.05 bits per heavy atom. The van der Waals surface area contributed by atoms with E-state index in [0.717, 1.165) is 16.8 Å². The van der Waals surface area contributed by atoms with Gasteiger partial charge in [-0.2, -0.15) is 0 Å². The molecule has 0 aliphatic carbocycles. The molecule has 1 aromatic heterocycles. The minimum Gasteiger partial charge on any atom is -0.437 e. The molecule has 0 radical (unpaired) electrons. The summed E-state index contributed by atoms with van der Waals surface area (Å²) in [6.07, 6.45) is -1.34. The Balaban J connectivity index is 2.15. The number of phosphoric ester groups is 1. The molecule has 0 amide bonds. The molecule has 0 saturated carbocycles. The van der Waals surface area contributed by atoms with Crippen LogP contribution in [-0.2, 0) is 41.9 Å². The minimum atomic E-state index is -4.75. The van der Waals surface area contributed by atoms with Crippen molar-refractivity contribution in [3.63, 3.8) is 0 Å². The van der Waals surface area contributed by atoms with Crippen molar-refractivity contribution in [1.82, 2.24) is 9.55 Å². The van der Waals surface area contributed by atoms with Gasteiger partial charge in [-0.1, -0.05) is 0 Å². The fourth-order valence-corrected chi connectivity index (χ4v) is 3.99. The number of nitrogens with one attached hydrogen (secondary N) is 1. The number of carbonyl (C=O) groups excluding carboxylic acids is 2. The quantitative estimate of drug-likeness (QED) is 0.239. The molecule has 16 heteroatoms. The van der Waals surface area contributed by atoms with Crippen LogP contribution >= 0.6 is 7.82 Å². The molecule has 1 aromatic rings. The van der Waals surface area contributed by atoms with E-state index < -0.39 is 86.1 Å². The Hall–Kier alpha value is -2.42. The molecule has 14 nitrogen and oxygen atoms in total. The van der Waals surface area contributed by atoms with Gasteiger partial charge in [-0.25, -0.2) is 22.8 Å². The lowest BCUT2D eigenvalue weighted by Gasteiger charge is -2.25. The van der Waals surface area contributed by atoms with Crippen LogP contribution in [0.1, 0.15) is 61.1 Å². The van der Waals surface area contributed by atoms with Crippen LogP contribution in [0.3, 0.4) is 0 Å². The Labute approximate surface area is 217 Å². The number of esters is 2. The van der Waals surface area contributed by atoms with Gasteiger partial charge in [-0.3, -0.25) is 28.5 Å². The lowest BCUT2D eigenvalue weighted by molar-refractivity contribution is -0.187. The summed E-state index contributed by atoms with van der Waals surface area (Å²) in [7, 11) is -4.75. The van der Waals surface area contributed by atoms with E-state index in [-0.39, 0.29) is 0 Å². The van der Waals surface area contributed by atoms with Crippen molar-refractivity contribution >= 4 is 19.8 Å². The number of halogens is 1. The molecule has 216 valence electrons. The van der Waals surface area contributed by atoms with Gasteiger partial charge in [0.2, 0.25) is 19.4 Å². The zero-order valence-corrected chi connectivity index (χ0v) is 23.2. The van der Waals surface area contributed by atoms with Gasteiger partial charge in [0.25, 0.3) is 5.56 Å². The first kappa shape index (κ1) is 31.8. The predicted molar refractivity (Wildman–Crippen MR) is 127 cm³/mol. The summed E-state index contributed by atoms with van der Waals surface area (Å²) in [6.45, 7) is 7.60.